The number of aliphatic imine (C=N–C) groups is 1. The molecule has 1 N–H and O–H groups in total. The number of benzene rings is 3. The first-order valence-corrected chi connectivity index (χ1v) is 15.0. The van der Waals surface area contributed by atoms with Crippen molar-refractivity contribution in [3.05, 3.63) is 89.7 Å². The molecule has 4 rings (SSSR count). The summed E-state index contributed by atoms with van der Waals surface area (Å²) in [5.41, 5.74) is 7.07. The predicted octanol–water partition coefficient (Wildman–Crippen LogP) is 7.26. The number of esters is 1. The lowest BCUT2D eigenvalue weighted by Gasteiger charge is -2.14. The van der Waals surface area contributed by atoms with Crippen LogP contribution in [0.25, 0.3) is 17.1 Å². The monoisotopic (exact) mass is 694 g/mol. The zero-order chi connectivity index (χ0) is 34.9. The van der Waals surface area contributed by atoms with Gasteiger partial charge in [-0.2, -0.15) is 18.3 Å². The maximum absolute atomic E-state index is 12.4. The number of rotatable bonds is 11. The van der Waals surface area contributed by atoms with Crippen molar-refractivity contribution in [1.82, 2.24) is 20.2 Å². The van der Waals surface area contributed by atoms with E-state index in [1.807, 2.05) is 32.0 Å². The second-order valence-electron chi connectivity index (χ2n) is 10.00. The van der Waals surface area contributed by atoms with Gasteiger partial charge in [0, 0.05) is 5.56 Å². The van der Waals surface area contributed by atoms with E-state index in [0.29, 0.717) is 28.3 Å². The van der Waals surface area contributed by atoms with Gasteiger partial charge in [-0.15, -0.1) is 18.3 Å². The van der Waals surface area contributed by atoms with Crippen molar-refractivity contribution >= 4 is 34.8 Å². The van der Waals surface area contributed by atoms with Crippen molar-refractivity contribution in [2.75, 3.05) is 12.5 Å². The Kier molecular flexibility index (Phi) is 11.8. The van der Waals surface area contributed by atoms with Gasteiger partial charge in [0.15, 0.2) is 17.1 Å². The summed E-state index contributed by atoms with van der Waals surface area (Å²) in [6, 6.07) is 17.8. The predicted molar refractivity (Wildman–Crippen MR) is 167 cm³/mol. The number of nitrogens with zero attached hydrogens (tertiary/aromatic N) is 5. The van der Waals surface area contributed by atoms with Crippen molar-refractivity contribution in [2.45, 2.75) is 39.4 Å². The van der Waals surface area contributed by atoms with Crippen LogP contribution < -0.4 is 10.2 Å². The van der Waals surface area contributed by atoms with Crippen molar-refractivity contribution in [1.29, 1.82) is 0 Å². The number of hydrazone groups is 1. The van der Waals surface area contributed by atoms with E-state index in [0.717, 1.165) is 22.9 Å². The Hall–Kier alpha value is -4.90. The second-order valence-corrected chi connectivity index (χ2v) is 10.9. The Bertz CT molecular complexity index is 1720. The minimum atomic E-state index is -4.79. The highest BCUT2D eigenvalue weighted by molar-refractivity contribution is 8.13. The molecule has 48 heavy (non-hydrogen) atoms. The van der Waals surface area contributed by atoms with Gasteiger partial charge in [-0.25, -0.2) is 19.5 Å². The van der Waals surface area contributed by atoms with Crippen molar-refractivity contribution in [3.8, 4) is 22.8 Å². The molecule has 0 aliphatic rings. The average Bonchev–Trinajstić information content (AvgIpc) is 3.51. The van der Waals surface area contributed by atoms with Gasteiger partial charge >= 0.3 is 18.5 Å². The molecule has 1 aromatic heterocycles. The topological polar surface area (TPSA) is 112 Å². The molecule has 254 valence electrons. The third-order valence-corrected chi connectivity index (χ3v) is 6.94. The lowest BCUT2D eigenvalue weighted by molar-refractivity contribution is -0.274. The standard InChI is InChI=1S/C31H28F6N6O4S/c1-19-5-4-6-20(2)26(19)40-29(48-18-46-28(44)21(3)45-16-30(32,33)34)41-39-15-22-7-9-23(10-8-22)27-38-17-43(42-27)24-11-13-25(14-12-24)47-31(35,36)37/h4-15,17,21H,16,18H2,1-3H3,(H,40,41)/b39-15+. The van der Waals surface area contributed by atoms with Gasteiger partial charge in [-0.05, 0) is 73.5 Å². The highest BCUT2D eigenvalue weighted by atomic mass is 32.2. The van der Waals surface area contributed by atoms with Crippen LogP contribution in [0.15, 0.2) is 83.2 Å². The molecule has 3 aromatic carbocycles. The first-order valence-electron chi connectivity index (χ1n) is 14.0. The minimum absolute atomic E-state index is 0.254. The number of carbonyl (C=O) groups is 1. The van der Waals surface area contributed by atoms with E-state index < -0.39 is 31.2 Å². The Labute approximate surface area is 274 Å². The van der Waals surface area contributed by atoms with E-state index in [4.69, 9.17) is 4.74 Å². The van der Waals surface area contributed by atoms with Gasteiger partial charge in [0.05, 0.1) is 17.6 Å². The molecule has 0 spiro atoms. The lowest BCUT2D eigenvalue weighted by atomic mass is 10.1. The Morgan fingerprint density at radius 1 is 1.00 bits per heavy atom. The first-order chi connectivity index (χ1) is 22.7. The van der Waals surface area contributed by atoms with Crippen LogP contribution in [-0.4, -0.2) is 63.3 Å². The summed E-state index contributed by atoms with van der Waals surface area (Å²) >= 11 is 0.970. The number of para-hydroxylation sites is 1. The number of nitrogens with one attached hydrogen (secondary N) is 1. The molecule has 0 saturated carbocycles. The number of thioether (sulfide) groups is 1. The molecule has 10 nitrogen and oxygen atoms in total. The molecule has 4 aromatic rings. The summed E-state index contributed by atoms with van der Waals surface area (Å²) in [5.74, 6) is -1.22. The normalized spacial score (nSPS) is 13.1. The average molecular weight is 695 g/mol. The quantitative estimate of drug-likeness (QED) is 0.0436. The minimum Gasteiger partial charge on any atom is -0.452 e. The van der Waals surface area contributed by atoms with Crippen LogP contribution in [-0.2, 0) is 14.3 Å². The number of ether oxygens (including phenoxy) is 3. The Morgan fingerprint density at radius 3 is 2.29 bits per heavy atom. The lowest BCUT2D eigenvalue weighted by Crippen LogP contribution is -2.29. The van der Waals surface area contributed by atoms with Gasteiger partial charge < -0.3 is 14.2 Å². The zero-order valence-corrected chi connectivity index (χ0v) is 26.4. The molecule has 0 saturated heterocycles. The molecule has 0 aliphatic heterocycles. The van der Waals surface area contributed by atoms with Crippen molar-refractivity contribution in [3.63, 3.8) is 0 Å². The number of alkyl halides is 6. The van der Waals surface area contributed by atoms with Gasteiger partial charge in [0.1, 0.15) is 24.6 Å². The number of carbonyl (C=O) groups excluding carboxylic acids is 1. The van der Waals surface area contributed by atoms with E-state index in [1.165, 1.54) is 48.4 Å². The molecule has 1 heterocycles. The fourth-order valence-electron chi connectivity index (χ4n) is 3.92. The van der Waals surface area contributed by atoms with E-state index in [2.05, 4.69) is 35.1 Å². The van der Waals surface area contributed by atoms with Gasteiger partial charge in [0.2, 0.25) is 0 Å². The molecule has 17 heteroatoms. The van der Waals surface area contributed by atoms with Crippen LogP contribution in [0.2, 0.25) is 0 Å². The van der Waals surface area contributed by atoms with E-state index >= 15 is 0 Å². The SMILES string of the molecule is Cc1cccc(C)c1/N=C(/N/N=C/c1ccc(-c2ncn(-c3ccc(OC(F)(F)F)cc3)n2)cc1)SCOC(=O)C(C)OCC(F)(F)F. The molecule has 1 unspecified atom stereocenters. The van der Waals surface area contributed by atoms with Crippen molar-refractivity contribution in [2.24, 2.45) is 10.1 Å². The number of aryl methyl sites for hydroxylation is 2. The smallest absolute Gasteiger partial charge is 0.452 e. The summed E-state index contributed by atoms with van der Waals surface area (Å²) < 4.78 is 89.4. The Morgan fingerprint density at radius 2 is 1.67 bits per heavy atom. The number of halogens is 6. The van der Waals surface area contributed by atoms with Crippen LogP contribution in [0.4, 0.5) is 32.0 Å². The van der Waals surface area contributed by atoms with E-state index in [-0.39, 0.29) is 16.9 Å². The molecule has 1 atom stereocenters. The second kappa shape index (κ2) is 15.8. The van der Waals surface area contributed by atoms with Crippen LogP contribution in [0, 0.1) is 13.8 Å². The fourth-order valence-corrected chi connectivity index (χ4v) is 4.48. The van der Waals surface area contributed by atoms with Crippen LogP contribution in [0.3, 0.4) is 0 Å². The molecule has 0 bridgehead atoms. The van der Waals surface area contributed by atoms with Crippen molar-refractivity contribution < 1.29 is 45.3 Å². The van der Waals surface area contributed by atoms with E-state index in [9.17, 15) is 31.1 Å². The molecule has 0 fully saturated rings. The molecule has 0 aliphatic carbocycles. The highest BCUT2D eigenvalue weighted by Crippen LogP contribution is 2.26. The van der Waals surface area contributed by atoms with Crippen LogP contribution in [0.1, 0.15) is 23.6 Å². The number of hydrogen-bond acceptors (Lipinski definition) is 9. The molecular weight excluding hydrogens is 666 g/mol. The summed E-state index contributed by atoms with van der Waals surface area (Å²) in [6.45, 7) is 3.34. The highest BCUT2D eigenvalue weighted by Gasteiger charge is 2.31. The molecular formula is C31H28F6N6O4S. The van der Waals surface area contributed by atoms with Gasteiger partial charge in [-0.1, -0.05) is 42.5 Å². The summed E-state index contributed by atoms with van der Waals surface area (Å²) in [5, 5.41) is 8.86. The summed E-state index contributed by atoms with van der Waals surface area (Å²) in [7, 11) is 0. The number of aromatic nitrogens is 3. The third kappa shape index (κ3) is 11.1. The molecule has 0 amide bonds. The maximum Gasteiger partial charge on any atom is 0.573 e. The Balaban J connectivity index is 1.39. The number of hydrogen-bond donors (Lipinski definition) is 1. The number of amidine groups is 1. The largest absolute Gasteiger partial charge is 0.573 e. The maximum atomic E-state index is 12.4. The summed E-state index contributed by atoms with van der Waals surface area (Å²) in [4.78, 5) is 21.0. The van der Waals surface area contributed by atoms with Gasteiger partial charge in [0.25, 0.3) is 0 Å². The molecule has 0 radical (unpaired) electrons. The first kappa shape index (κ1) is 35.9. The fraction of sp³-hybridized carbons (Fsp3) is 0.258. The third-order valence-electron chi connectivity index (χ3n) is 6.25. The van der Waals surface area contributed by atoms with Gasteiger partial charge in [-0.3, -0.25) is 5.43 Å². The van der Waals surface area contributed by atoms with E-state index in [1.54, 1.807) is 24.3 Å². The van der Waals surface area contributed by atoms with Crippen LogP contribution in [0.5, 0.6) is 5.75 Å². The van der Waals surface area contributed by atoms with Crippen LogP contribution >= 0.6 is 11.8 Å². The summed E-state index contributed by atoms with van der Waals surface area (Å²) in [6.07, 6.45) is -7.84. The zero-order valence-electron chi connectivity index (χ0n) is 25.5.